The van der Waals surface area contributed by atoms with Gasteiger partial charge >= 0.3 is 0 Å². The number of benzene rings is 7. The van der Waals surface area contributed by atoms with E-state index in [0.29, 0.717) is 5.95 Å². The molecule has 0 N–H and O–H groups in total. The van der Waals surface area contributed by atoms with Crippen molar-refractivity contribution in [3.63, 3.8) is 0 Å². The highest BCUT2D eigenvalue weighted by Gasteiger charge is 2.28. The standard InChI is InChI=1S/C42H23N3O/c1-2-11-25(12-3-1)41-28-15-4-6-20-31(28)43-42(44-41)45-32-21-7-5-16-29(32)37-33(45)23-35-40-38-27(18-10-22-34(38)46-35)26-17-8-13-24-14-9-19-30(36(24)26)39(37)40/h1-23H. The molecule has 10 aromatic rings. The van der Waals surface area contributed by atoms with E-state index < -0.39 is 0 Å². The molecule has 0 aliphatic heterocycles. The van der Waals surface area contributed by atoms with E-state index >= 15 is 0 Å². The number of hydrogen-bond acceptors (Lipinski definition) is 3. The topological polar surface area (TPSA) is 43.9 Å². The van der Waals surface area contributed by atoms with Crippen LogP contribution in [-0.4, -0.2) is 14.5 Å². The van der Waals surface area contributed by atoms with Crippen LogP contribution in [0.4, 0.5) is 0 Å². The molecule has 3 heterocycles. The molecule has 1 aliphatic rings. The summed E-state index contributed by atoms with van der Waals surface area (Å²) in [5.41, 5.74) is 11.6. The number of para-hydroxylation sites is 2. The van der Waals surface area contributed by atoms with E-state index in [1.165, 1.54) is 43.8 Å². The smallest absolute Gasteiger partial charge is 0.235 e. The van der Waals surface area contributed by atoms with Gasteiger partial charge in [0.15, 0.2) is 0 Å². The summed E-state index contributed by atoms with van der Waals surface area (Å²) in [5.74, 6) is 0.638. The fraction of sp³-hybridized carbons (Fsp3) is 0. The Bertz CT molecular complexity index is 2910. The zero-order valence-electron chi connectivity index (χ0n) is 24.5. The third-order valence-electron chi connectivity index (χ3n) is 9.72. The lowest BCUT2D eigenvalue weighted by molar-refractivity contribution is 0.669. The molecule has 3 aromatic heterocycles. The Labute approximate surface area is 262 Å². The highest BCUT2D eigenvalue weighted by molar-refractivity contribution is 6.33. The summed E-state index contributed by atoms with van der Waals surface area (Å²) in [6.45, 7) is 0. The molecule has 0 bridgehead atoms. The molecule has 0 saturated heterocycles. The van der Waals surface area contributed by atoms with Crippen molar-refractivity contribution in [1.82, 2.24) is 14.5 Å². The van der Waals surface area contributed by atoms with E-state index in [0.717, 1.165) is 55.1 Å². The second-order valence-corrected chi connectivity index (χ2v) is 12.1. The first-order valence-electron chi connectivity index (χ1n) is 15.6. The largest absolute Gasteiger partial charge is 0.456 e. The average molecular weight is 586 g/mol. The molecular formula is C42H23N3O. The van der Waals surface area contributed by atoms with Crippen LogP contribution >= 0.6 is 0 Å². The Morgan fingerprint density at radius 1 is 0.478 bits per heavy atom. The van der Waals surface area contributed by atoms with Crippen molar-refractivity contribution in [2.75, 3.05) is 0 Å². The molecule has 0 radical (unpaired) electrons. The van der Waals surface area contributed by atoms with Crippen molar-refractivity contribution in [1.29, 1.82) is 0 Å². The highest BCUT2D eigenvalue weighted by atomic mass is 16.3. The normalized spacial score (nSPS) is 12.3. The molecule has 46 heavy (non-hydrogen) atoms. The number of rotatable bonds is 2. The Balaban J connectivity index is 1.37. The monoisotopic (exact) mass is 585 g/mol. The molecule has 0 atom stereocenters. The lowest BCUT2D eigenvalue weighted by atomic mass is 9.91. The van der Waals surface area contributed by atoms with Crippen molar-refractivity contribution in [2.45, 2.75) is 0 Å². The molecule has 0 amide bonds. The van der Waals surface area contributed by atoms with Gasteiger partial charge in [-0.1, -0.05) is 115 Å². The first kappa shape index (κ1) is 24.1. The van der Waals surface area contributed by atoms with Gasteiger partial charge < -0.3 is 4.42 Å². The van der Waals surface area contributed by atoms with Gasteiger partial charge in [0, 0.05) is 44.1 Å². The van der Waals surface area contributed by atoms with Gasteiger partial charge in [0.1, 0.15) is 11.2 Å². The van der Waals surface area contributed by atoms with Crippen LogP contribution in [0.2, 0.25) is 0 Å². The fourth-order valence-corrected chi connectivity index (χ4v) is 7.89. The van der Waals surface area contributed by atoms with Crippen LogP contribution in [0.5, 0.6) is 0 Å². The summed E-state index contributed by atoms with van der Waals surface area (Å²) in [4.78, 5) is 10.5. The van der Waals surface area contributed by atoms with Crippen LogP contribution in [-0.2, 0) is 0 Å². The van der Waals surface area contributed by atoms with Crippen LogP contribution in [0.3, 0.4) is 0 Å². The quantitative estimate of drug-likeness (QED) is 0.203. The van der Waals surface area contributed by atoms with Crippen LogP contribution in [0.25, 0.3) is 105 Å². The van der Waals surface area contributed by atoms with E-state index in [-0.39, 0.29) is 0 Å². The SMILES string of the molecule is c1ccc(-c2nc(-n3c4ccccc4c4c5c6c(cc43)oc3cccc(c36)-c3cccc4cccc-5c34)nc3ccccc23)cc1. The van der Waals surface area contributed by atoms with Gasteiger partial charge in [-0.25, -0.2) is 9.97 Å². The summed E-state index contributed by atoms with van der Waals surface area (Å²) < 4.78 is 8.95. The average Bonchev–Trinajstić information content (AvgIpc) is 3.61. The number of nitrogens with zero attached hydrogens (tertiary/aromatic N) is 3. The number of hydrogen-bond donors (Lipinski definition) is 0. The van der Waals surface area contributed by atoms with Crippen molar-refractivity contribution in [3.05, 3.63) is 140 Å². The van der Waals surface area contributed by atoms with Gasteiger partial charge in [-0.15, -0.1) is 0 Å². The molecular weight excluding hydrogens is 562 g/mol. The van der Waals surface area contributed by atoms with Crippen LogP contribution < -0.4 is 0 Å². The van der Waals surface area contributed by atoms with Crippen molar-refractivity contribution >= 4 is 65.4 Å². The fourth-order valence-electron chi connectivity index (χ4n) is 7.89. The lowest BCUT2D eigenvalue weighted by Gasteiger charge is -2.13. The van der Waals surface area contributed by atoms with Crippen molar-refractivity contribution < 1.29 is 4.42 Å². The first-order chi connectivity index (χ1) is 22.8. The second kappa shape index (κ2) is 8.68. The number of aromatic nitrogens is 3. The van der Waals surface area contributed by atoms with Gasteiger partial charge in [-0.05, 0) is 45.7 Å². The molecule has 212 valence electrons. The van der Waals surface area contributed by atoms with E-state index in [1.54, 1.807) is 0 Å². The molecule has 0 spiro atoms. The molecule has 11 rings (SSSR count). The third kappa shape index (κ3) is 3.03. The van der Waals surface area contributed by atoms with Crippen molar-refractivity contribution in [2.24, 2.45) is 0 Å². The van der Waals surface area contributed by atoms with Crippen LogP contribution in [0, 0.1) is 0 Å². The predicted molar refractivity (Wildman–Crippen MR) is 189 cm³/mol. The summed E-state index contributed by atoms with van der Waals surface area (Å²) in [7, 11) is 0. The maximum absolute atomic E-state index is 6.72. The van der Waals surface area contributed by atoms with Gasteiger partial charge in [-0.3, -0.25) is 4.57 Å². The lowest BCUT2D eigenvalue weighted by Crippen LogP contribution is -2.03. The maximum atomic E-state index is 6.72. The van der Waals surface area contributed by atoms with E-state index in [4.69, 9.17) is 14.4 Å². The molecule has 7 aromatic carbocycles. The summed E-state index contributed by atoms with van der Waals surface area (Å²) >= 11 is 0. The van der Waals surface area contributed by atoms with E-state index in [2.05, 4.69) is 132 Å². The minimum absolute atomic E-state index is 0.638. The molecule has 0 unspecified atom stereocenters. The van der Waals surface area contributed by atoms with Gasteiger partial charge in [0.05, 0.1) is 22.2 Å². The van der Waals surface area contributed by atoms with Crippen molar-refractivity contribution in [3.8, 4) is 39.5 Å². The Hall–Kier alpha value is -6.26. The van der Waals surface area contributed by atoms with E-state index in [1.807, 2.05) is 12.1 Å². The Morgan fingerprint density at radius 2 is 1.20 bits per heavy atom. The third-order valence-corrected chi connectivity index (χ3v) is 9.72. The Morgan fingerprint density at radius 3 is 2.07 bits per heavy atom. The first-order valence-corrected chi connectivity index (χ1v) is 15.6. The molecule has 0 saturated carbocycles. The highest BCUT2D eigenvalue weighted by Crippen LogP contribution is 2.53. The summed E-state index contributed by atoms with van der Waals surface area (Å²) in [6.07, 6.45) is 0. The minimum atomic E-state index is 0.638. The van der Waals surface area contributed by atoms with Gasteiger partial charge in [0.25, 0.3) is 0 Å². The summed E-state index contributed by atoms with van der Waals surface area (Å²) in [5, 5.41) is 8.21. The molecule has 1 aliphatic carbocycles. The van der Waals surface area contributed by atoms with Gasteiger partial charge in [0.2, 0.25) is 5.95 Å². The van der Waals surface area contributed by atoms with Crippen LogP contribution in [0.1, 0.15) is 0 Å². The summed E-state index contributed by atoms with van der Waals surface area (Å²) in [6, 6.07) is 49.3. The number of furan rings is 1. The molecule has 0 fully saturated rings. The van der Waals surface area contributed by atoms with Gasteiger partial charge in [-0.2, -0.15) is 0 Å². The Kier molecular flexibility index (Phi) is 4.55. The number of fused-ring (bicyclic) bond motifs is 7. The van der Waals surface area contributed by atoms with Crippen LogP contribution in [0.15, 0.2) is 144 Å². The maximum Gasteiger partial charge on any atom is 0.235 e. The molecule has 4 heteroatoms. The minimum Gasteiger partial charge on any atom is -0.456 e. The molecule has 4 nitrogen and oxygen atoms in total. The second-order valence-electron chi connectivity index (χ2n) is 12.1. The zero-order valence-corrected chi connectivity index (χ0v) is 24.5. The zero-order chi connectivity index (χ0) is 29.9. The van der Waals surface area contributed by atoms with E-state index in [9.17, 15) is 0 Å². The predicted octanol–water partition coefficient (Wildman–Crippen LogP) is 11.1.